The van der Waals surface area contributed by atoms with Crippen molar-refractivity contribution >= 4 is 33.5 Å². The SMILES string of the molecule is Cc1c(C(=O)OC/C(O)=C(\C#N)c2nc3ccccc3n2C)oc2c(F)cccc12. The predicted octanol–water partition coefficient (Wildman–Crippen LogP) is 4.42. The summed E-state index contributed by atoms with van der Waals surface area (Å²) < 4.78 is 26.0. The van der Waals surface area contributed by atoms with Crippen molar-refractivity contribution in [2.75, 3.05) is 6.61 Å². The van der Waals surface area contributed by atoms with Crippen LogP contribution in [0.3, 0.4) is 0 Å². The smallest absolute Gasteiger partial charge is 0.375 e. The molecule has 0 spiro atoms. The van der Waals surface area contributed by atoms with Crippen LogP contribution in [0.1, 0.15) is 21.9 Å². The molecular weight excluding hydrogens is 389 g/mol. The first-order valence-electron chi connectivity index (χ1n) is 9.01. The molecule has 0 bridgehead atoms. The van der Waals surface area contributed by atoms with E-state index in [2.05, 4.69) is 4.98 Å². The molecule has 150 valence electrons. The van der Waals surface area contributed by atoms with E-state index in [9.17, 15) is 19.6 Å². The number of nitriles is 1. The molecule has 30 heavy (non-hydrogen) atoms. The quantitative estimate of drug-likeness (QED) is 0.306. The zero-order chi connectivity index (χ0) is 21.4. The van der Waals surface area contributed by atoms with E-state index < -0.39 is 24.2 Å². The molecule has 0 fully saturated rings. The summed E-state index contributed by atoms with van der Waals surface area (Å²) >= 11 is 0. The molecule has 2 aromatic heterocycles. The van der Waals surface area contributed by atoms with Gasteiger partial charge in [-0.05, 0) is 25.1 Å². The number of hydrogen-bond donors (Lipinski definition) is 1. The van der Waals surface area contributed by atoms with Crippen LogP contribution in [0.5, 0.6) is 0 Å². The predicted molar refractivity (Wildman–Crippen MR) is 107 cm³/mol. The number of para-hydroxylation sites is 3. The van der Waals surface area contributed by atoms with E-state index >= 15 is 0 Å². The molecule has 8 heteroatoms. The molecule has 0 unspecified atom stereocenters. The number of halogens is 1. The zero-order valence-electron chi connectivity index (χ0n) is 16.1. The summed E-state index contributed by atoms with van der Waals surface area (Å²) in [5, 5.41) is 20.4. The van der Waals surface area contributed by atoms with Crippen LogP contribution < -0.4 is 0 Å². The summed E-state index contributed by atoms with van der Waals surface area (Å²) in [6.45, 7) is 1.04. The Bertz CT molecular complexity index is 1370. The number of ether oxygens (including phenoxy) is 1. The highest BCUT2D eigenvalue weighted by Crippen LogP contribution is 2.28. The van der Waals surface area contributed by atoms with Gasteiger partial charge in [0.2, 0.25) is 5.76 Å². The molecule has 2 heterocycles. The van der Waals surface area contributed by atoms with Crippen molar-refractivity contribution in [3.63, 3.8) is 0 Å². The Morgan fingerprint density at radius 1 is 1.30 bits per heavy atom. The number of rotatable bonds is 4. The van der Waals surface area contributed by atoms with Crippen molar-refractivity contribution < 1.29 is 23.4 Å². The summed E-state index contributed by atoms with van der Waals surface area (Å²) in [6.07, 6.45) is 0. The maximum absolute atomic E-state index is 13.9. The number of esters is 1. The Hall–Kier alpha value is -4.12. The minimum atomic E-state index is -0.878. The molecule has 1 N–H and O–H groups in total. The molecule has 0 amide bonds. The third-order valence-electron chi connectivity index (χ3n) is 4.85. The fourth-order valence-corrected chi connectivity index (χ4v) is 3.29. The lowest BCUT2D eigenvalue weighted by molar-refractivity contribution is 0.0468. The van der Waals surface area contributed by atoms with Crippen LogP contribution in [-0.4, -0.2) is 27.2 Å². The van der Waals surface area contributed by atoms with Crippen molar-refractivity contribution in [3.8, 4) is 6.07 Å². The lowest BCUT2D eigenvalue weighted by Crippen LogP contribution is -2.10. The van der Waals surface area contributed by atoms with E-state index in [0.717, 1.165) is 5.52 Å². The van der Waals surface area contributed by atoms with E-state index in [-0.39, 0.29) is 22.7 Å². The Kier molecular flexibility index (Phi) is 4.72. The molecule has 4 rings (SSSR count). The summed E-state index contributed by atoms with van der Waals surface area (Å²) in [4.78, 5) is 16.8. The first kappa shape index (κ1) is 19.2. The molecule has 0 saturated heterocycles. The van der Waals surface area contributed by atoms with Gasteiger partial charge < -0.3 is 18.8 Å². The second kappa shape index (κ2) is 7.37. The van der Waals surface area contributed by atoms with Gasteiger partial charge >= 0.3 is 5.97 Å². The van der Waals surface area contributed by atoms with Crippen LogP contribution in [-0.2, 0) is 11.8 Å². The number of fused-ring (bicyclic) bond motifs is 2. The summed E-state index contributed by atoms with van der Waals surface area (Å²) in [6, 6.07) is 13.5. The maximum Gasteiger partial charge on any atom is 0.375 e. The number of carbonyl (C=O) groups excluding carboxylic acids is 1. The zero-order valence-corrected chi connectivity index (χ0v) is 16.1. The molecular formula is C22H16FN3O4. The summed E-state index contributed by atoms with van der Waals surface area (Å²) in [5.74, 6) is -1.84. The monoisotopic (exact) mass is 405 g/mol. The Morgan fingerprint density at radius 2 is 2.07 bits per heavy atom. The summed E-state index contributed by atoms with van der Waals surface area (Å²) in [7, 11) is 1.72. The van der Waals surface area contributed by atoms with Gasteiger partial charge in [0.25, 0.3) is 0 Å². The number of allylic oxidation sites excluding steroid dienone is 1. The van der Waals surface area contributed by atoms with Crippen LogP contribution in [0.4, 0.5) is 4.39 Å². The van der Waals surface area contributed by atoms with Gasteiger partial charge in [-0.2, -0.15) is 5.26 Å². The van der Waals surface area contributed by atoms with Gasteiger partial charge in [-0.1, -0.05) is 24.3 Å². The van der Waals surface area contributed by atoms with Gasteiger partial charge in [0.1, 0.15) is 11.6 Å². The number of imidazole rings is 1. The minimum Gasteiger partial charge on any atom is -0.507 e. The minimum absolute atomic E-state index is 0.0425. The number of aliphatic hydroxyl groups is 1. The van der Waals surface area contributed by atoms with Gasteiger partial charge in [0.05, 0.1) is 11.0 Å². The van der Waals surface area contributed by atoms with Crippen LogP contribution in [0, 0.1) is 24.1 Å². The second-order valence-electron chi connectivity index (χ2n) is 6.67. The van der Waals surface area contributed by atoms with Gasteiger partial charge in [-0.25, -0.2) is 14.2 Å². The van der Waals surface area contributed by atoms with E-state index in [1.807, 2.05) is 24.3 Å². The highest BCUT2D eigenvalue weighted by Gasteiger charge is 2.22. The maximum atomic E-state index is 13.9. The third kappa shape index (κ3) is 3.06. The molecule has 0 radical (unpaired) electrons. The Morgan fingerprint density at radius 3 is 2.77 bits per heavy atom. The van der Waals surface area contributed by atoms with E-state index in [4.69, 9.17) is 9.15 Å². The largest absolute Gasteiger partial charge is 0.507 e. The van der Waals surface area contributed by atoms with Gasteiger partial charge in [-0.15, -0.1) is 0 Å². The average Bonchev–Trinajstić information content (AvgIpc) is 3.26. The van der Waals surface area contributed by atoms with Gasteiger partial charge in [0.15, 0.2) is 29.6 Å². The first-order chi connectivity index (χ1) is 14.4. The van der Waals surface area contributed by atoms with Crippen molar-refractivity contribution in [2.24, 2.45) is 7.05 Å². The second-order valence-corrected chi connectivity index (χ2v) is 6.67. The van der Waals surface area contributed by atoms with Crippen LogP contribution >= 0.6 is 0 Å². The van der Waals surface area contributed by atoms with Crippen molar-refractivity contribution in [2.45, 2.75) is 6.92 Å². The lowest BCUT2D eigenvalue weighted by Gasteiger charge is -2.06. The molecule has 7 nitrogen and oxygen atoms in total. The van der Waals surface area contributed by atoms with E-state index in [1.165, 1.54) is 12.1 Å². The highest BCUT2D eigenvalue weighted by molar-refractivity contribution is 5.96. The fraction of sp³-hybridized carbons (Fsp3) is 0.136. The number of aryl methyl sites for hydroxylation is 2. The number of hydrogen-bond acceptors (Lipinski definition) is 6. The van der Waals surface area contributed by atoms with Crippen molar-refractivity contribution in [3.05, 3.63) is 71.2 Å². The Labute approximate surface area is 170 Å². The number of nitrogens with zero attached hydrogens (tertiary/aromatic N) is 3. The molecule has 0 aliphatic rings. The third-order valence-corrected chi connectivity index (χ3v) is 4.85. The number of carbonyl (C=O) groups is 1. The van der Waals surface area contributed by atoms with Crippen molar-refractivity contribution in [1.82, 2.24) is 9.55 Å². The van der Waals surface area contributed by atoms with E-state index in [0.29, 0.717) is 16.5 Å². The number of furan rings is 1. The average molecular weight is 405 g/mol. The van der Waals surface area contributed by atoms with Crippen LogP contribution in [0.25, 0.3) is 27.6 Å². The lowest BCUT2D eigenvalue weighted by atomic mass is 10.1. The molecule has 0 saturated carbocycles. The molecule has 2 aromatic carbocycles. The summed E-state index contributed by atoms with van der Waals surface area (Å²) in [5.41, 5.74) is 1.71. The van der Waals surface area contributed by atoms with Crippen LogP contribution in [0.2, 0.25) is 0 Å². The number of aliphatic hydroxyl groups excluding tert-OH is 1. The van der Waals surface area contributed by atoms with Gasteiger partial charge in [0, 0.05) is 18.0 Å². The topological polar surface area (TPSA) is 101 Å². The first-order valence-corrected chi connectivity index (χ1v) is 9.01. The Balaban J connectivity index is 1.62. The number of aromatic nitrogens is 2. The highest BCUT2D eigenvalue weighted by atomic mass is 19.1. The number of benzene rings is 2. The standard InChI is InChI=1S/C22H16FN3O4/c1-12-13-6-5-7-15(23)20(13)30-19(12)22(28)29-11-18(27)14(10-24)21-25-16-8-3-4-9-17(16)26(21)2/h3-9,27H,11H2,1-2H3/b18-14-. The molecule has 0 atom stereocenters. The van der Waals surface area contributed by atoms with E-state index in [1.54, 1.807) is 30.7 Å². The molecule has 0 aliphatic carbocycles. The normalized spacial score (nSPS) is 12.1. The molecule has 4 aromatic rings. The molecule has 0 aliphatic heterocycles. The van der Waals surface area contributed by atoms with Crippen molar-refractivity contribution in [1.29, 1.82) is 5.26 Å². The van der Waals surface area contributed by atoms with Gasteiger partial charge in [-0.3, -0.25) is 0 Å². The fourth-order valence-electron chi connectivity index (χ4n) is 3.29. The van der Waals surface area contributed by atoms with Crippen LogP contribution in [0.15, 0.2) is 52.6 Å².